The van der Waals surface area contributed by atoms with Gasteiger partial charge in [0.25, 0.3) is 0 Å². The summed E-state index contributed by atoms with van der Waals surface area (Å²) in [7, 11) is 1.53. The van der Waals surface area contributed by atoms with E-state index >= 15 is 0 Å². The average Bonchev–Trinajstić information content (AvgIpc) is 2.84. The molecule has 3 rings (SSSR count). The second kappa shape index (κ2) is 13.2. The smallest absolute Gasteiger partial charge is 0.496 e. The van der Waals surface area contributed by atoms with Crippen molar-refractivity contribution in [2.24, 2.45) is 5.92 Å². The number of methoxy groups -OCH3 is 1. The molecule has 0 spiro atoms. The van der Waals surface area contributed by atoms with Crippen LogP contribution in [0.25, 0.3) is 0 Å². The van der Waals surface area contributed by atoms with E-state index in [0.29, 0.717) is 17.9 Å². The number of halogens is 3. The Labute approximate surface area is 207 Å². The van der Waals surface area contributed by atoms with Crippen LogP contribution >= 0.6 is 0 Å². The number of ether oxygens (including phenoxy) is 2. The first-order valence-corrected chi connectivity index (χ1v) is 12.8. The number of alkyl halides is 3. The molecule has 1 aliphatic heterocycles. The molecule has 1 saturated heterocycles. The fraction of sp³-hybridized carbons (Fsp3) is 0.571. The summed E-state index contributed by atoms with van der Waals surface area (Å²) in [6.07, 6.45) is 2.25. The van der Waals surface area contributed by atoms with Gasteiger partial charge in [0.1, 0.15) is 11.5 Å². The molecule has 7 heteroatoms. The third kappa shape index (κ3) is 8.43. The molecule has 35 heavy (non-hydrogen) atoms. The molecule has 3 atom stereocenters. The number of rotatable bonds is 12. The summed E-state index contributed by atoms with van der Waals surface area (Å²) >= 11 is 0. The Bertz CT molecular complexity index is 892. The Morgan fingerprint density at radius 1 is 1.11 bits per heavy atom. The van der Waals surface area contributed by atoms with Crippen LogP contribution in [-0.4, -0.2) is 37.5 Å². The van der Waals surface area contributed by atoms with Crippen LogP contribution in [0.4, 0.5) is 13.2 Å². The molecule has 2 aromatic carbocycles. The third-order valence-corrected chi connectivity index (χ3v) is 7.01. The molecule has 1 unspecified atom stereocenters. The molecule has 194 valence electrons. The first-order chi connectivity index (χ1) is 16.8. The van der Waals surface area contributed by atoms with Gasteiger partial charge in [0.2, 0.25) is 0 Å². The van der Waals surface area contributed by atoms with Crippen LogP contribution < -0.4 is 14.8 Å². The van der Waals surface area contributed by atoms with E-state index in [0.717, 1.165) is 31.8 Å². The standard InChI is InChI=1S/C28H39F3N2O2/c1-4-21(2)11-8-9-17-33-18-10-14-25(27(33)22-12-6-5-7-13-22)32-20-23-19-24(35-28(29,30)31)15-16-26(23)34-3/h5-7,12-13,15-16,19,21,25,27,32H,4,8-11,14,17-18,20H2,1-3H3/t21?,25-,27-/m0/s1. The van der Waals surface area contributed by atoms with Gasteiger partial charge in [-0.25, -0.2) is 0 Å². The number of unbranched alkanes of at least 4 members (excludes halogenated alkanes) is 1. The van der Waals surface area contributed by atoms with Crippen LogP contribution in [0, 0.1) is 5.92 Å². The molecular weight excluding hydrogens is 453 g/mol. The minimum Gasteiger partial charge on any atom is -0.496 e. The monoisotopic (exact) mass is 492 g/mol. The van der Waals surface area contributed by atoms with Gasteiger partial charge in [-0.2, -0.15) is 0 Å². The number of piperidine rings is 1. The average molecular weight is 493 g/mol. The molecule has 1 aliphatic rings. The van der Waals surface area contributed by atoms with Gasteiger partial charge in [-0.1, -0.05) is 63.4 Å². The fourth-order valence-corrected chi connectivity index (χ4v) is 4.97. The lowest BCUT2D eigenvalue weighted by Gasteiger charge is -2.42. The van der Waals surface area contributed by atoms with Crippen molar-refractivity contribution in [3.8, 4) is 11.5 Å². The number of nitrogens with zero attached hydrogens (tertiary/aromatic N) is 1. The molecule has 1 N–H and O–H groups in total. The van der Waals surface area contributed by atoms with E-state index in [1.54, 1.807) is 0 Å². The van der Waals surface area contributed by atoms with Crippen LogP contribution in [0.5, 0.6) is 11.5 Å². The van der Waals surface area contributed by atoms with Gasteiger partial charge in [-0.3, -0.25) is 4.90 Å². The molecular formula is C28H39F3N2O2. The maximum absolute atomic E-state index is 12.7. The highest BCUT2D eigenvalue weighted by molar-refractivity contribution is 5.40. The van der Waals surface area contributed by atoms with E-state index in [2.05, 4.69) is 53.1 Å². The summed E-state index contributed by atoms with van der Waals surface area (Å²) in [5.74, 6) is 1.07. The van der Waals surface area contributed by atoms with Gasteiger partial charge in [-0.15, -0.1) is 13.2 Å². The topological polar surface area (TPSA) is 33.7 Å². The maximum atomic E-state index is 12.7. The zero-order valence-electron chi connectivity index (χ0n) is 21.1. The first kappa shape index (κ1) is 27.3. The van der Waals surface area contributed by atoms with Gasteiger partial charge in [-0.05, 0) is 62.0 Å². The van der Waals surface area contributed by atoms with Gasteiger partial charge in [0.15, 0.2) is 0 Å². The lowest BCUT2D eigenvalue weighted by atomic mass is 9.89. The van der Waals surface area contributed by atoms with Crippen molar-refractivity contribution in [3.05, 3.63) is 59.7 Å². The predicted molar refractivity (Wildman–Crippen MR) is 134 cm³/mol. The number of hydrogen-bond donors (Lipinski definition) is 1. The van der Waals surface area contributed by atoms with Gasteiger partial charge >= 0.3 is 6.36 Å². The number of likely N-dealkylation sites (tertiary alicyclic amines) is 1. The van der Waals surface area contributed by atoms with Crippen molar-refractivity contribution in [3.63, 3.8) is 0 Å². The quantitative estimate of drug-likeness (QED) is 0.320. The second-order valence-corrected chi connectivity index (χ2v) is 9.55. The highest BCUT2D eigenvalue weighted by Crippen LogP contribution is 2.33. The number of benzene rings is 2. The number of hydrogen-bond acceptors (Lipinski definition) is 4. The summed E-state index contributed by atoms with van der Waals surface area (Å²) in [6.45, 7) is 7.06. The van der Waals surface area contributed by atoms with Gasteiger partial charge < -0.3 is 14.8 Å². The highest BCUT2D eigenvalue weighted by Gasteiger charge is 2.33. The van der Waals surface area contributed by atoms with Crippen LogP contribution in [0.15, 0.2) is 48.5 Å². The highest BCUT2D eigenvalue weighted by atomic mass is 19.4. The minimum absolute atomic E-state index is 0.178. The molecule has 0 bridgehead atoms. The number of nitrogens with one attached hydrogen (secondary N) is 1. The molecule has 0 saturated carbocycles. The Balaban J connectivity index is 1.72. The van der Waals surface area contributed by atoms with Crippen molar-refractivity contribution in [2.45, 2.75) is 77.4 Å². The van der Waals surface area contributed by atoms with Crippen molar-refractivity contribution in [2.75, 3.05) is 20.2 Å². The van der Waals surface area contributed by atoms with Gasteiger partial charge in [0.05, 0.1) is 13.2 Å². The summed E-state index contributed by atoms with van der Waals surface area (Å²) in [5, 5.41) is 3.64. The zero-order valence-corrected chi connectivity index (χ0v) is 21.1. The largest absolute Gasteiger partial charge is 0.573 e. The zero-order chi connectivity index (χ0) is 25.3. The molecule has 1 heterocycles. The van der Waals surface area contributed by atoms with Crippen LogP contribution in [0.1, 0.15) is 69.5 Å². The van der Waals surface area contributed by atoms with Crippen LogP contribution in [-0.2, 0) is 6.54 Å². The first-order valence-electron chi connectivity index (χ1n) is 12.8. The molecule has 1 fully saturated rings. The van der Waals surface area contributed by atoms with E-state index < -0.39 is 6.36 Å². The van der Waals surface area contributed by atoms with E-state index in [1.807, 2.05) is 6.07 Å². The molecule has 0 radical (unpaired) electrons. The van der Waals surface area contributed by atoms with Crippen molar-refractivity contribution in [1.82, 2.24) is 10.2 Å². The Morgan fingerprint density at radius 3 is 2.57 bits per heavy atom. The van der Waals surface area contributed by atoms with E-state index in [1.165, 1.54) is 56.6 Å². The summed E-state index contributed by atoms with van der Waals surface area (Å²) in [4.78, 5) is 2.58. The van der Waals surface area contributed by atoms with E-state index in [9.17, 15) is 13.2 Å². The Kier molecular flexibility index (Phi) is 10.3. The molecule has 2 aromatic rings. The fourth-order valence-electron chi connectivity index (χ4n) is 4.97. The molecule has 0 aromatic heterocycles. The third-order valence-electron chi connectivity index (χ3n) is 7.01. The lowest BCUT2D eigenvalue weighted by molar-refractivity contribution is -0.274. The van der Waals surface area contributed by atoms with E-state index in [-0.39, 0.29) is 17.8 Å². The Hall–Kier alpha value is -2.25. The predicted octanol–water partition coefficient (Wildman–Crippen LogP) is 7.11. The van der Waals surface area contributed by atoms with Crippen LogP contribution in [0.2, 0.25) is 0 Å². The van der Waals surface area contributed by atoms with Crippen molar-refractivity contribution >= 4 is 0 Å². The van der Waals surface area contributed by atoms with Crippen molar-refractivity contribution < 1.29 is 22.6 Å². The SMILES string of the molecule is CCC(C)CCCCN1CCC[C@H](NCc2cc(OC(F)(F)F)ccc2OC)[C@@H]1c1ccccc1. The maximum Gasteiger partial charge on any atom is 0.573 e. The van der Waals surface area contributed by atoms with Gasteiger partial charge in [0, 0.05) is 18.2 Å². The lowest BCUT2D eigenvalue weighted by Crippen LogP contribution is -2.48. The summed E-state index contributed by atoms with van der Waals surface area (Å²) < 4.78 is 47.7. The minimum atomic E-state index is -4.73. The second-order valence-electron chi connectivity index (χ2n) is 9.55. The summed E-state index contributed by atoms with van der Waals surface area (Å²) in [5.41, 5.74) is 1.92. The van der Waals surface area contributed by atoms with E-state index in [4.69, 9.17) is 4.74 Å². The Morgan fingerprint density at radius 2 is 1.89 bits per heavy atom. The summed E-state index contributed by atoms with van der Waals surface area (Å²) in [6, 6.07) is 15.1. The molecule has 0 aliphatic carbocycles. The molecule has 4 nitrogen and oxygen atoms in total. The van der Waals surface area contributed by atoms with Crippen LogP contribution in [0.3, 0.4) is 0 Å². The normalized spacial score (nSPS) is 19.9. The molecule has 0 amide bonds. The van der Waals surface area contributed by atoms with Crippen molar-refractivity contribution in [1.29, 1.82) is 0 Å².